The maximum Gasteiger partial charge on any atom is 0.00984 e. The van der Waals surface area contributed by atoms with Gasteiger partial charge < -0.3 is 4.98 Å². The van der Waals surface area contributed by atoms with Crippen LogP contribution in [0.5, 0.6) is 0 Å². The van der Waals surface area contributed by atoms with E-state index >= 15 is 0 Å². The summed E-state index contributed by atoms with van der Waals surface area (Å²) in [7, 11) is 0. The molecule has 2 aromatic heterocycles. The second-order valence-corrected chi connectivity index (χ2v) is 5.75. The molecule has 3 rings (SSSR count). The first-order chi connectivity index (χ1) is 7.77. The van der Waals surface area contributed by atoms with E-state index < -0.39 is 0 Å². The highest BCUT2D eigenvalue weighted by Gasteiger charge is 2.20. The second-order valence-electron chi connectivity index (χ2n) is 4.32. The van der Waals surface area contributed by atoms with Gasteiger partial charge in [-0.1, -0.05) is 6.08 Å². The summed E-state index contributed by atoms with van der Waals surface area (Å²) in [6.45, 7) is 4.48. The lowest BCUT2D eigenvalue weighted by molar-refractivity contribution is 0.974. The van der Waals surface area contributed by atoms with E-state index in [9.17, 15) is 0 Å². The van der Waals surface area contributed by atoms with Crippen molar-refractivity contribution >= 4 is 16.9 Å². The zero-order chi connectivity index (χ0) is 11.1. The van der Waals surface area contributed by atoms with Crippen LogP contribution >= 0.6 is 11.3 Å². The number of fused-ring (bicyclic) bond motifs is 1. The molecule has 1 nitrogen and oxygen atoms in total. The van der Waals surface area contributed by atoms with Crippen molar-refractivity contribution in [1.29, 1.82) is 0 Å². The molecule has 0 aliphatic heterocycles. The van der Waals surface area contributed by atoms with Crippen LogP contribution in [-0.2, 0) is 6.42 Å². The molecule has 0 unspecified atom stereocenters. The van der Waals surface area contributed by atoms with E-state index in [1.165, 1.54) is 39.3 Å². The Bertz CT molecular complexity index is 544. The summed E-state index contributed by atoms with van der Waals surface area (Å²) >= 11 is 1.93. The lowest BCUT2D eigenvalue weighted by atomic mass is 9.88. The number of aryl methyl sites for hydroxylation is 2. The number of thiophene rings is 1. The molecule has 16 heavy (non-hydrogen) atoms. The van der Waals surface area contributed by atoms with E-state index in [-0.39, 0.29) is 0 Å². The Balaban J connectivity index is 2.20. The Morgan fingerprint density at radius 3 is 2.88 bits per heavy atom. The standard InChI is InChI=1S/C14H15NS/c1-9-12-4-3-5-13(11-6-7-15-8-11)14(12)10(2)16-9/h5-8,15H,3-4H2,1-2H3. The summed E-state index contributed by atoms with van der Waals surface area (Å²) < 4.78 is 0. The molecule has 0 aromatic carbocycles. The monoisotopic (exact) mass is 229 g/mol. The SMILES string of the molecule is Cc1sc(C)c2c1CCC=C2c1cc[nH]c1. The molecule has 1 aliphatic rings. The minimum Gasteiger partial charge on any atom is -0.367 e. The number of rotatable bonds is 1. The fourth-order valence-electron chi connectivity index (χ4n) is 2.60. The summed E-state index contributed by atoms with van der Waals surface area (Å²) in [5.74, 6) is 0. The topological polar surface area (TPSA) is 15.8 Å². The highest BCUT2D eigenvalue weighted by Crippen LogP contribution is 2.39. The lowest BCUT2D eigenvalue weighted by Crippen LogP contribution is -1.99. The van der Waals surface area contributed by atoms with E-state index in [2.05, 4.69) is 37.2 Å². The normalized spacial score (nSPS) is 14.8. The Morgan fingerprint density at radius 1 is 1.25 bits per heavy atom. The van der Waals surface area contributed by atoms with Gasteiger partial charge in [-0.25, -0.2) is 0 Å². The number of hydrogen-bond acceptors (Lipinski definition) is 1. The fraction of sp³-hybridized carbons (Fsp3) is 0.286. The summed E-state index contributed by atoms with van der Waals surface area (Å²) in [5, 5.41) is 0. The maximum absolute atomic E-state index is 3.15. The van der Waals surface area contributed by atoms with Crippen molar-refractivity contribution in [3.8, 4) is 0 Å². The van der Waals surface area contributed by atoms with Crippen molar-refractivity contribution in [2.75, 3.05) is 0 Å². The molecule has 2 heterocycles. The molecule has 0 radical (unpaired) electrons. The van der Waals surface area contributed by atoms with Crippen molar-refractivity contribution < 1.29 is 0 Å². The molecule has 0 atom stereocenters. The minimum absolute atomic E-state index is 1.17. The highest BCUT2D eigenvalue weighted by molar-refractivity contribution is 7.12. The van der Waals surface area contributed by atoms with Crippen LogP contribution in [0.4, 0.5) is 0 Å². The van der Waals surface area contributed by atoms with Crippen LogP contribution in [-0.4, -0.2) is 4.98 Å². The van der Waals surface area contributed by atoms with Crippen LogP contribution in [0, 0.1) is 13.8 Å². The van der Waals surface area contributed by atoms with Crippen molar-refractivity contribution in [1.82, 2.24) is 4.98 Å². The third kappa shape index (κ3) is 1.37. The predicted octanol–water partition coefficient (Wildman–Crippen LogP) is 4.07. The van der Waals surface area contributed by atoms with Gasteiger partial charge in [0.05, 0.1) is 0 Å². The van der Waals surface area contributed by atoms with E-state index in [0.717, 1.165) is 0 Å². The molecule has 0 spiro atoms. The summed E-state index contributed by atoms with van der Waals surface area (Å²) in [6, 6.07) is 2.16. The summed E-state index contributed by atoms with van der Waals surface area (Å²) in [4.78, 5) is 6.10. The molecule has 0 bridgehead atoms. The van der Waals surface area contributed by atoms with Gasteiger partial charge in [0.2, 0.25) is 0 Å². The lowest BCUT2D eigenvalue weighted by Gasteiger charge is -2.15. The van der Waals surface area contributed by atoms with Gasteiger partial charge in [0.25, 0.3) is 0 Å². The Hall–Kier alpha value is -1.28. The number of aromatic nitrogens is 1. The van der Waals surface area contributed by atoms with Crippen LogP contribution < -0.4 is 0 Å². The van der Waals surface area contributed by atoms with Gasteiger partial charge >= 0.3 is 0 Å². The molecule has 1 N–H and O–H groups in total. The van der Waals surface area contributed by atoms with Gasteiger partial charge in [0.15, 0.2) is 0 Å². The van der Waals surface area contributed by atoms with Gasteiger partial charge in [-0.15, -0.1) is 11.3 Å². The number of H-pyrrole nitrogens is 1. The molecule has 1 aliphatic carbocycles. The zero-order valence-electron chi connectivity index (χ0n) is 9.63. The van der Waals surface area contributed by atoms with Crippen LogP contribution in [0.3, 0.4) is 0 Å². The quantitative estimate of drug-likeness (QED) is 0.758. The first-order valence-corrected chi connectivity index (χ1v) is 6.51. The fourth-order valence-corrected chi connectivity index (χ4v) is 3.72. The molecule has 0 fully saturated rings. The predicted molar refractivity (Wildman–Crippen MR) is 70.0 cm³/mol. The Labute approximate surface area is 99.8 Å². The van der Waals surface area contributed by atoms with Gasteiger partial charge in [0.1, 0.15) is 0 Å². The second kappa shape index (κ2) is 3.63. The van der Waals surface area contributed by atoms with Crippen molar-refractivity contribution in [2.24, 2.45) is 0 Å². The molecular weight excluding hydrogens is 214 g/mol. The van der Waals surface area contributed by atoms with Gasteiger partial charge in [-0.3, -0.25) is 0 Å². The number of allylic oxidation sites excluding steroid dienone is 1. The number of nitrogens with one attached hydrogen (secondary N) is 1. The van der Waals surface area contributed by atoms with Gasteiger partial charge in [-0.2, -0.15) is 0 Å². The van der Waals surface area contributed by atoms with E-state index in [1.807, 2.05) is 17.5 Å². The largest absolute Gasteiger partial charge is 0.367 e. The van der Waals surface area contributed by atoms with Crippen LogP contribution in [0.1, 0.15) is 32.9 Å². The average molecular weight is 229 g/mol. The molecular formula is C14H15NS. The van der Waals surface area contributed by atoms with E-state index in [1.54, 1.807) is 5.56 Å². The first kappa shape index (κ1) is 9.91. The van der Waals surface area contributed by atoms with Crippen molar-refractivity contribution in [3.05, 3.63) is 51.0 Å². The summed E-state index contributed by atoms with van der Waals surface area (Å²) in [6.07, 6.45) is 8.85. The van der Waals surface area contributed by atoms with E-state index in [0.29, 0.717) is 0 Å². The third-order valence-corrected chi connectivity index (χ3v) is 4.37. The third-order valence-electron chi connectivity index (χ3n) is 3.31. The molecule has 0 saturated heterocycles. The Morgan fingerprint density at radius 2 is 2.12 bits per heavy atom. The minimum atomic E-state index is 1.17. The maximum atomic E-state index is 3.15. The smallest absolute Gasteiger partial charge is 0.00984 e. The van der Waals surface area contributed by atoms with Crippen molar-refractivity contribution in [3.63, 3.8) is 0 Å². The molecule has 0 amide bonds. The molecule has 0 saturated carbocycles. The summed E-state index contributed by atoms with van der Waals surface area (Å²) in [5.41, 5.74) is 5.81. The number of hydrogen-bond donors (Lipinski definition) is 1. The van der Waals surface area contributed by atoms with Crippen LogP contribution in [0.2, 0.25) is 0 Å². The van der Waals surface area contributed by atoms with Crippen LogP contribution in [0.25, 0.3) is 5.57 Å². The molecule has 2 aromatic rings. The Kier molecular flexibility index (Phi) is 2.25. The first-order valence-electron chi connectivity index (χ1n) is 5.70. The van der Waals surface area contributed by atoms with Crippen molar-refractivity contribution in [2.45, 2.75) is 26.7 Å². The highest BCUT2D eigenvalue weighted by atomic mass is 32.1. The zero-order valence-corrected chi connectivity index (χ0v) is 10.4. The molecule has 82 valence electrons. The average Bonchev–Trinajstić information content (AvgIpc) is 2.88. The number of aromatic amines is 1. The van der Waals surface area contributed by atoms with Gasteiger partial charge in [0, 0.05) is 22.1 Å². The van der Waals surface area contributed by atoms with E-state index in [4.69, 9.17) is 0 Å². The van der Waals surface area contributed by atoms with Gasteiger partial charge in [-0.05, 0) is 55.0 Å². The molecule has 2 heteroatoms. The van der Waals surface area contributed by atoms with Crippen LogP contribution in [0.15, 0.2) is 24.5 Å².